The van der Waals surface area contributed by atoms with Crippen LogP contribution in [0.3, 0.4) is 0 Å². The van der Waals surface area contributed by atoms with Crippen molar-refractivity contribution in [2.75, 3.05) is 32.8 Å². The van der Waals surface area contributed by atoms with Gasteiger partial charge >= 0.3 is 10.4 Å². The first kappa shape index (κ1) is 33.4. The molecular weight excluding hydrogens is 428 g/mol. The van der Waals surface area contributed by atoms with Crippen LogP contribution in [0.5, 0.6) is 0 Å². The molecule has 184 valence electrons. The molecule has 0 aliphatic rings. The smallest absolute Gasteiger partial charge is 0.370 e. The minimum Gasteiger partial charge on any atom is -0.370 e. The van der Waals surface area contributed by atoms with Gasteiger partial charge in [0.05, 0.1) is 6.61 Å². The highest BCUT2D eigenvalue weighted by atomic mass is 32.3. The monoisotopic (exact) mass is 468 g/mol. The lowest BCUT2D eigenvalue weighted by molar-refractivity contribution is -0.130. The number of rotatable bonds is 12. The number of amides is 2. The van der Waals surface area contributed by atoms with Gasteiger partial charge in [-0.1, -0.05) is 27.4 Å². The van der Waals surface area contributed by atoms with E-state index in [4.69, 9.17) is 9.96 Å². The summed E-state index contributed by atoms with van der Waals surface area (Å²) in [5.74, 6) is -1.16. The van der Waals surface area contributed by atoms with Gasteiger partial charge in [-0.3, -0.25) is 19.6 Å². The van der Waals surface area contributed by atoms with Gasteiger partial charge in [0, 0.05) is 6.54 Å². The maximum Gasteiger partial charge on any atom is 0.397 e. The van der Waals surface area contributed by atoms with Crippen LogP contribution in [-0.4, -0.2) is 74.0 Å². The number of nitrogens with two attached hydrogens (primary N) is 2. The fourth-order valence-electron chi connectivity index (χ4n) is 1.90. The molecule has 0 bridgehead atoms. The maximum atomic E-state index is 11.8. The first-order valence-electron chi connectivity index (χ1n) is 9.83. The Hall–Kier alpha value is -2.22. The van der Waals surface area contributed by atoms with Crippen LogP contribution < -0.4 is 22.1 Å². The molecule has 13 heteroatoms. The molecule has 0 aromatic rings. The Morgan fingerprint density at radius 2 is 1.61 bits per heavy atom. The van der Waals surface area contributed by atoms with Gasteiger partial charge in [0.2, 0.25) is 11.8 Å². The summed E-state index contributed by atoms with van der Waals surface area (Å²) in [7, 11) is -4.41. The van der Waals surface area contributed by atoms with Gasteiger partial charge in [0.15, 0.2) is 5.96 Å². The molecule has 31 heavy (non-hydrogen) atoms. The van der Waals surface area contributed by atoms with Crippen LogP contribution in [0.2, 0.25) is 0 Å². The predicted molar refractivity (Wildman–Crippen MR) is 122 cm³/mol. The van der Waals surface area contributed by atoms with Gasteiger partial charge in [-0.25, -0.2) is 4.18 Å². The van der Waals surface area contributed by atoms with Crippen molar-refractivity contribution in [1.29, 1.82) is 5.41 Å². The van der Waals surface area contributed by atoms with E-state index in [1.807, 2.05) is 0 Å². The van der Waals surface area contributed by atoms with Crippen molar-refractivity contribution >= 4 is 28.2 Å². The SMILES string of the molecule is C=CC(=O)NC(C)(C)C(=O)NCCCCOS(=O)(=O)O.CCN(CC)CC.N=C(N)N. The van der Waals surface area contributed by atoms with E-state index in [0.717, 1.165) is 6.08 Å². The molecule has 0 unspecified atom stereocenters. The fraction of sp³-hybridized carbons (Fsp3) is 0.722. The molecule has 0 radical (unpaired) electrons. The van der Waals surface area contributed by atoms with Crippen molar-refractivity contribution in [2.24, 2.45) is 11.5 Å². The normalized spacial score (nSPS) is 10.7. The summed E-state index contributed by atoms with van der Waals surface area (Å²) in [6, 6.07) is 0. The van der Waals surface area contributed by atoms with E-state index in [2.05, 4.69) is 58.5 Å². The van der Waals surface area contributed by atoms with Crippen molar-refractivity contribution in [1.82, 2.24) is 15.5 Å². The van der Waals surface area contributed by atoms with Crippen molar-refractivity contribution in [3.8, 4) is 0 Å². The number of carbonyl (C=O) groups is 2. The maximum absolute atomic E-state index is 11.8. The Bertz CT molecular complexity index is 626. The Balaban J connectivity index is -0.000000585. The molecule has 0 aromatic carbocycles. The highest BCUT2D eigenvalue weighted by Gasteiger charge is 2.28. The van der Waals surface area contributed by atoms with Gasteiger partial charge in [0.1, 0.15) is 5.54 Å². The second kappa shape index (κ2) is 18.5. The van der Waals surface area contributed by atoms with Crippen LogP contribution in [0.15, 0.2) is 12.7 Å². The highest BCUT2D eigenvalue weighted by Crippen LogP contribution is 2.02. The summed E-state index contributed by atoms with van der Waals surface area (Å²) in [5, 5.41) is 11.1. The van der Waals surface area contributed by atoms with Crippen molar-refractivity contribution in [2.45, 2.75) is 53.0 Å². The molecule has 0 spiro atoms. The average Bonchev–Trinajstić information content (AvgIpc) is 2.64. The van der Waals surface area contributed by atoms with Crippen molar-refractivity contribution in [3.63, 3.8) is 0 Å². The topological polar surface area (TPSA) is 201 Å². The minimum absolute atomic E-state index is 0.161. The van der Waals surface area contributed by atoms with Gasteiger partial charge in [-0.2, -0.15) is 8.42 Å². The molecule has 0 aliphatic carbocycles. The molecule has 0 saturated carbocycles. The van der Waals surface area contributed by atoms with Crippen LogP contribution in [0, 0.1) is 5.41 Å². The number of nitrogens with zero attached hydrogens (tertiary/aromatic N) is 1. The van der Waals surface area contributed by atoms with E-state index >= 15 is 0 Å². The lowest BCUT2D eigenvalue weighted by atomic mass is 10.0. The van der Waals surface area contributed by atoms with Crippen LogP contribution in [0.25, 0.3) is 0 Å². The first-order chi connectivity index (χ1) is 14.2. The number of nitrogens with one attached hydrogen (secondary N) is 3. The van der Waals surface area contributed by atoms with E-state index in [-0.39, 0.29) is 18.5 Å². The summed E-state index contributed by atoms with van der Waals surface area (Å²) in [5.41, 5.74) is 7.87. The molecule has 8 N–H and O–H groups in total. The summed E-state index contributed by atoms with van der Waals surface area (Å²) in [6.07, 6.45) is 1.88. The van der Waals surface area contributed by atoms with Crippen LogP contribution in [0.4, 0.5) is 0 Å². The van der Waals surface area contributed by atoms with Crippen LogP contribution in [0.1, 0.15) is 47.5 Å². The second-order valence-electron chi connectivity index (χ2n) is 6.61. The van der Waals surface area contributed by atoms with Crippen LogP contribution in [-0.2, 0) is 24.2 Å². The second-order valence-corrected chi connectivity index (χ2v) is 7.70. The molecule has 0 aliphatic heterocycles. The van der Waals surface area contributed by atoms with Gasteiger partial charge in [-0.15, -0.1) is 0 Å². The van der Waals surface area contributed by atoms with E-state index in [1.165, 1.54) is 19.6 Å². The first-order valence-corrected chi connectivity index (χ1v) is 11.2. The Labute approximate surface area is 186 Å². The number of unbranched alkanes of at least 4 members (excludes halogenated alkanes) is 1. The van der Waals surface area contributed by atoms with Gasteiger partial charge < -0.3 is 27.0 Å². The minimum atomic E-state index is -4.41. The summed E-state index contributed by atoms with van der Waals surface area (Å²) in [6.45, 7) is 16.6. The predicted octanol–water partition coefficient (Wildman–Crippen LogP) is -0.0303. The molecule has 0 fully saturated rings. The zero-order chi connectivity index (χ0) is 25.1. The number of hydrogen-bond acceptors (Lipinski definition) is 7. The zero-order valence-corrected chi connectivity index (χ0v) is 20.0. The van der Waals surface area contributed by atoms with Gasteiger partial charge in [-0.05, 0) is 52.4 Å². The Kier molecular flexibility index (Phi) is 20.0. The van der Waals surface area contributed by atoms with Gasteiger partial charge in [0.25, 0.3) is 0 Å². The molecule has 0 aromatic heterocycles. The van der Waals surface area contributed by atoms with Crippen molar-refractivity contribution < 1.29 is 26.7 Å². The number of hydrogen-bond donors (Lipinski definition) is 6. The Morgan fingerprint density at radius 3 is 1.94 bits per heavy atom. The average molecular weight is 469 g/mol. The molecule has 0 heterocycles. The third-order valence-electron chi connectivity index (χ3n) is 3.62. The molecule has 0 rings (SSSR count). The third kappa shape index (κ3) is 25.7. The fourth-order valence-corrected chi connectivity index (χ4v) is 2.23. The summed E-state index contributed by atoms with van der Waals surface area (Å²) < 4.78 is 32.9. The lowest BCUT2D eigenvalue weighted by Gasteiger charge is -2.24. The molecular formula is C18H40N6O6S. The number of guanidine groups is 1. The summed E-state index contributed by atoms with van der Waals surface area (Å²) in [4.78, 5) is 25.3. The largest absolute Gasteiger partial charge is 0.397 e. The zero-order valence-electron chi connectivity index (χ0n) is 19.2. The standard InChI is InChI=1S/C11H20N2O6S.C6H15N.CH5N3/c1-4-9(14)13-11(2,3)10(15)12-7-5-6-8-19-20(16,17)18;1-4-7(5-2)6-3;2-1(3)4/h4H,1,5-8H2,2-3H3,(H,12,15)(H,13,14)(H,16,17,18);4-6H2,1-3H3;(H5,2,3,4). The molecule has 2 amide bonds. The quantitative estimate of drug-likeness (QED) is 0.0747. The number of carbonyl (C=O) groups excluding carboxylic acids is 2. The van der Waals surface area contributed by atoms with E-state index in [0.29, 0.717) is 19.4 Å². The van der Waals surface area contributed by atoms with E-state index in [9.17, 15) is 18.0 Å². The lowest BCUT2D eigenvalue weighted by Crippen LogP contribution is -2.54. The van der Waals surface area contributed by atoms with E-state index in [1.54, 1.807) is 13.8 Å². The summed E-state index contributed by atoms with van der Waals surface area (Å²) >= 11 is 0. The Morgan fingerprint density at radius 1 is 1.16 bits per heavy atom. The van der Waals surface area contributed by atoms with E-state index < -0.39 is 21.8 Å². The molecule has 0 saturated heterocycles. The van der Waals surface area contributed by atoms with Crippen LogP contribution >= 0.6 is 0 Å². The molecule has 12 nitrogen and oxygen atoms in total. The van der Waals surface area contributed by atoms with Crippen molar-refractivity contribution in [3.05, 3.63) is 12.7 Å². The third-order valence-corrected chi connectivity index (χ3v) is 4.08. The highest BCUT2D eigenvalue weighted by molar-refractivity contribution is 7.80. The molecule has 0 atom stereocenters.